The summed E-state index contributed by atoms with van der Waals surface area (Å²) < 4.78 is 11.7. The van der Waals surface area contributed by atoms with Gasteiger partial charge in [0.25, 0.3) is 0 Å². The second-order valence-corrected chi connectivity index (χ2v) is 5.51. The molecule has 1 aromatic carbocycles. The van der Waals surface area contributed by atoms with Crippen LogP contribution in [0.4, 0.5) is 0 Å². The zero-order chi connectivity index (χ0) is 12.3. The van der Waals surface area contributed by atoms with Crippen LogP contribution in [0.3, 0.4) is 0 Å². The van der Waals surface area contributed by atoms with Crippen molar-refractivity contribution < 1.29 is 9.47 Å². The molecule has 2 rings (SSSR count). The maximum absolute atomic E-state index is 5.94. The highest BCUT2D eigenvalue weighted by Gasteiger charge is 2.32. The Morgan fingerprint density at radius 3 is 2.94 bits per heavy atom. The molecule has 94 valence electrons. The second kappa shape index (κ2) is 5.21. The summed E-state index contributed by atoms with van der Waals surface area (Å²) in [6, 6.07) is 6.14. The van der Waals surface area contributed by atoms with Crippen molar-refractivity contribution in [3.05, 3.63) is 23.8 Å². The summed E-state index contributed by atoms with van der Waals surface area (Å²) in [6.07, 6.45) is 3.08. The lowest BCUT2D eigenvalue weighted by Crippen LogP contribution is -2.24. The van der Waals surface area contributed by atoms with E-state index < -0.39 is 0 Å². The molecule has 0 unspecified atom stereocenters. The summed E-state index contributed by atoms with van der Waals surface area (Å²) in [7, 11) is 0. The number of hydrogen-bond donors (Lipinski definition) is 1. The van der Waals surface area contributed by atoms with Crippen LogP contribution in [-0.4, -0.2) is 18.0 Å². The molecule has 0 fully saturated rings. The van der Waals surface area contributed by atoms with Gasteiger partial charge in [-0.3, -0.25) is 0 Å². The van der Waals surface area contributed by atoms with Gasteiger partial charge in [0.05, 0.1) is 6.61 Å². The fraction of sp³-hybridized carbons (Fsp3) is 0.571. The van der Waals surface area contributed by atoms with Gasteiger partial charge in [-0.2, -0.15) is 12.6 Å². The Bertz CT molecular complexity index is 388. The zero-order valence-corrected chi connectivity index (χ0v) is 11.4. The Kier molecular flexibility index (Phi) is 3.87. The first-order valence-corrected chi connectivity index (χ1v) is 6.80. The van der Waals surface area contributed by atoms with Gasteiger partial charge in [0.15, 0.2) is 11.5 Å². The molecule has 0 saturated carbocycles. The minimum absolute atomic E-state index is 0.104. The Morgan fingerprint density at radius 2 is 2.18 bits per heavy atom. The minimum atomic E-state index is -0.104. The van der Waals surface area contributed by atoms with Crippen LogP contribution in [0.15, 0.2) is 18.2 Å². The number of thiol groups is 1. The molecule has 0 N–H and O–H groups in total. The molecular formula is C14H20O2S. The normalized spacial score (nSPS) is 16.4. The Balaban J connectivity index is 2.03. The molecule has 17 heavy (non-hydrogen) atoms. The SMILES string of the molecule is CC1(C)Cc2cccc(OCCCCS)c2O1. The first-order valence-electron chi connectivity index (χ1n) is 6.17. The van der Waals surface area contributed by atoms with E-state index in [1.54, 1.807) is 0 Å². The number of para-hydroxylation sites is 1. The molecule has 0 saturated heterocycles. The molecule has 0 radical (unpaired) electrons. The van der Waals surface area contributed by atoms with E-state index in [4.69, 9.17) is 9.47 Å². The van der Waals surface area contributed by atoms with Crippen LogP contribution >= 0.6 is 12.6 Å². The van der Waals surface area contributed by atoms with Gasteiger partial charge in [-0.25, -0.2) is 0 Å². The van der Waals surface area contributed by atoms with Gasteiger partial charge in [0, 0.05) is 12.0 Å². The van der Waals surface area contributed by atoms with E-state index in [-0.39, 0.29) is 5.60 Å². The zero-order valence-electron chi connectivity index (χ0n) is 10.5. The van der Waals surface area contributed by atoms with Gasteiger partial charge in [-0.15, -0.1) is 0 Å². The minimum Gasteiger partial charge on any atom is -0.490 e. The van der Waals surface area contributed by atoms with Crippen LogP contribution in [-0.2, 0) is 6.42 Å². The Labute approximate surface area is 109 Å². The van der Waals surface area contributed by atoms with Crippen molar-refractivity contribution in [3.8, 4) is 11.5 Å². The van der Waals surface area contributed by atoms with E-state index in [9.17, 15) is 0 Å². The lowest BCUT2D eigenvalue weighted by Gasteiger charge is -2.18. The van der Waals surface area contributed by atoms with E-state index in [0.29, 0.717) is 0 Å². The van der Waals surface area contributed by atoms with E-state index in [1.165, 1.54) is 5.56 Å². The highest BCUT2D eigenvalue weighted by molar-refractivity contribution is 7.80. The third-order valence-electron chi connectivity index (χ3n) is 2.86. The molecule has 0 amide bonds. The number of unbranched alkanes of at least 4 members (excludes halogenated alkanes) is 1. The van der Waals surface area contributed by atoms with Gasteiger partial charge < -0.3 is 9.47 Å². The number of benzene rings is 1. The number of hydrogen-bond acceptors (Lipinski definition) is 3. The maximum atomic E-state index is 5.94. The smallest absolute Gasteiger partial charge is 0.165 e. The summed E-state index contributed by atoms with van der Waals surface area (Å²) in [6.45, 7) is 4.95. The van der Waals surface area contributed by atoms with Crippen molar-refractivity contribution in [2.75, 3.05) is 12.4 Å². The van der Waals surface area contributed by atoms with Crippen LogP contribution in [0, 0.1) is 0 Å². The summed E-state index contributed by atoms with van der Waals surface area (Å²) in [5.41, 5.74) is 1.15. The predicted molar refractivity (Wildman–Crippen MR) is 73.4 cm³/mol. The summed E-state index contributed by atoms with van der Waals surface area (Å²) >= 11 is 4.19. The highest BCUT2D eigenvalue weighted by atomic mass is 32.1. The van der Waals surface area contributed by atoms with E-state index >= 15 is 0 Å². The van der Waals surface area contributed by atoms with Crippen LogP contribution in [0.1, 0.15) is 32.3 Å². The molecular weight excluding hydrogens is 232 g/mol. The van der Waals surface area contributed by atoms with Crippen LogP contribution in [0.5, 0.6) is 11.5 Å². The summed E-state index contributed by atoms with van der Waals surface area (Å²) in [5.74, 6) is 2.73. The predicted octanol–water partition coefficient (Wildman–Crippen LogP) is 3.49. The maximum Gasteiger partial charge on any atom is 0.165 e. The molecule has 0 aromatic heterocycles. The van der Waals surface area contributed by atoms with Crippen molar-refractivity contribution in [1.82, 2.24) is 0 Å². The van der Waals surface area contributed by atoms with Gasteiger partial charge in [-0.05, 0) is 38.5 Å². The average Bonchev–Trinajstić information content (AvgIpc) is 2.59. The molecule has 0 aliphatic carbocycles. The summed E-state index contributed by atoms with van der Waals surface area (Å²) in [5, 5.41) is 0. The summed E-state index contributed by atoms with van der Waals surface area (Å²) in [4.78, 5) is 0. The largest absolute Gasteiger partial charge is 0.490 e. The number of ether oxygens (including phenoxy) is 2. The van der Waals surface area contributed by atoms with E-state index in [0.717, 1.165) is 43.1 Å². The lowest BCUT2D eigenvalue weighted by atomic mass is 10.0. The molecule has 0 spiro atoms. The number of rotatable bonds is 5. The monoisotopic (exact) mass is 252 g/mol. The third kappa shape index (κ3) is 3.09. The van der Waals surface area contributed by atoms with Gasteiger partial charge >= 0.3 is 0 Å². The fourth-order valence-electron chi connectivity index (χ4n) is 2.10. The molecule has 1 aliphatic rings. The molecule has 1 aromatic rings. The van der Waals surface area contributed by atoms with Crippen LogP contribution in [0.25, 0.3) is 0 Å². The van der Waals surface area contributed by atoms with Crippen molar-refractivity contribution in [1.29, 1.82) is 0 Å². The Morgan fingerprint density at radius 1 is 1.35 bits per heavy atom. The van der Waals surface area contributed by atoms with Crippen LogP contribution in [0.2, 0.25) is 0 Å². The average molecular weight is 252 g/mol. The first-order chi connectivity index (χ1) is 8.12. The van der Waals surface area contributed by atoms with Crippen LogP contribution < -0.4 is 9.47 Å². The van der Waals surface area contributed by atoms with Crippen molar-refractivity contribution in [3.63, 3.8) is 0 Å². The standard InChI is InChI=1S/C14H20O2S/c1-14(2)10-11-6-5-7-12(13(11)16-14)15-8-3-4-9-17/h5-7,17H,3-4,8-10H2,1-2H3. The molecule has 3 heteroatoms. The molecule has 1 aliphatic heterocycles. The molecule has 0 atom stereocenters. The fourth-order valence-corrected chi connectivity index (χ4v) is 2.32. The van der Waals surface area contributed by atoms with Gasteiger partial charge in [-0.1, -0.05) is 12.1 Å². The van der Waals surface area contributed by atoms with E-state index in [2.05, 4.69) is 32.5 Å². The Hall–Kier alpha value is -0.830. The molecule has 0 bridgehead atoms. The van der Waals surface area contributed by atoms with Gasteiger partial charge in [0.2, 0.25) is 0 Å². The molecule has 1 heterocycles. The van der Waals surface area contributed by atoms with Crippen molar-refractivity contribution in [2.24, 2.45) is 0 Å². The van der Waals surface area contributed by atoms with Gasteiger partial charge in [0.1, 0.15) is 5.60 Å². The van der Waals surface area contributed by atoms with Crippen molar-refractivity contribution >= 4 is 12.6 Å². The van der Waals surface area contributed by atoms with E-state index in [1.807, 2.05) is 12.1 Å². The second-order valence-electron chi connectivity index (χ2n) is 5.06. The first kappa shape index (κ1) is 12.6. The lowest BCUT2D eigenvalue weighted by molar-refractivity contribution is 0.132. The molecule has 2 nitrogen and oxygen atoms in total. The topological polar surface area (TPSA) is 18.5 Å². The van der Waals surface area contributed by atoms with Crippen molar-refractivity contribution in [2.45, 2.75) is 38.7 Å². The quantitative estimate of drug-likeness (QED) is 0.639. The highest BCUT2D eigenvalue weighted by Crippen LogP contribution is 2.41. The number of fused-ring (bicyclic) bond motifs is 1. The third-order valence-corrected chi connectivity index (χ3v) is 3.18.